The molecule has 1 amide bonds. The first-order valence-electron chi connectivity index (χ1n) is 9.35. The predicted octanol–water partition coefficient (Wildman–Crippen LogP) is 2.36. The van der Waals surface area contributed by atoms with Crippen molar-refractivity contribution >= 4 is 17.5 Å². The first-order valence-corrected chi connectivity index (χ1v) is 9.73. The highest BCUT2D eigenvalue weighted by atomic mass is 35.5. The van der Waals surface area contributed by atoms with Crippen LogP contribution in [0.5, 0.6) is 0 Å². The Morgan fingerprint density at radius 1 is 1.25 bits per heavy atom. The van der Waals surface area contributed by atoms with Gasteiger partial charge in [0.25, 0.3) is 11.5 Å². The number of carbonyl (C=O) groups excluding carboxylic acids is 1. The molecule has 0 fully saturated rings. The minimum Gasteiger partial charge on any atom is -0.383 e. The Balaban J connectivity index is 2.17. The number of halogens is 1. The van der Waals surface area contributed by atoms with Gasteiger partial charge in [-0.1, -0.05) is 43.6 Å². The van der Waals surface area contributed by atoms with E-state index in [0.717, 1.165) is 18.7 Å². The molecule has 0 saturated carbocycles. The molecule has 1 N–H and O–H groups in total. The Labute approximate surface area is 170 Å². The highest BCUT2D eigenvalue weighted by molar-refractivity contribution is 6.31. The first kappa shape index (κ1) is 22.1. The maximum absolute atomic E-state index is 12.6. The van der Waals surface area contributed by atoms with Gasteiger partial charge < -0.3 is 10.1 Å². The van der Waals surface area contributed by atoms with Crippen LogP contribution in [0.15, 0.2) is 41.2 Å². The van der Waals surface area contributed by atoms with Gasteiger partial charge in [0.15, 0.2) is 0 Å². The smallest absolute Gasteiger partial charge is 0.271 e. The van der Waals surface area contributed by atoms with Gasteiger partial charge >= 0.3 is 0 Å². The predicted molar refractivity (Wildman–Crippen MR) is 110 cm³/mol. The van der Waals surface area contributed by atoms with Crippen molar-refractivity contribution in [2.75, 3.05) is 33.4 Å². The fourth-order valence-corrected chi connectivity index (χ4v) is 3.30. The minimum absolute atomic E-state index is 0.0629. The van der Waals surface area contributed by atoms with Gasteiger partial charge in [0, 0.05) is 24.7 Å². The van der Waals surface area contributed by atoms with Crippen LogP contribution in [0.4, 0.5) is 0 Å². The van der Waals surface area contributed by atoms with Crippen LogP contribution >= 0.6 is 11.6 Å². The molecule has 1 aromatic heterocycles. The second-order valence-corrected chi connectivity index (χ2v) is 6.65. The van der Waals surface area contributed by atoms with Gasteiger partial charge in [-0.3, -0.25) is 14.5 Å². The topological polar surface area (TPSA) is 76.5 Å². The van der Waals surface area contributed by atoms with Crippen LogP contribution in [0.2, 0.25) is 5.02 Å². The number of ether oxygens (including phenoxy) is 1. The second kappa shape index (κ2) is 10.9. The van der Waals surface area contributed by atoms with Crippen molar-refractivity contribution in [2.45, 2.75) is 26.4 Å². The minimum atomic E-state index is -0.338. The molecule has 2 aromatic rings. The van der Waals surface area contributed by atoms with Gasteiger partial charge in [0.05, 0.1) is 19.2 Å². The number of aromatic nitrogens is 2. The van der Waals surface area contributed by atoms with Gasteiger partial charge in [0.1, 0.15) is 5.69 Å². The zero-order valence-corrected chi connectivity index (χ0v) is 17.3. The average molecular weight is 407 g/mol. The van der Waals surface area contributed by atoms with E-state index in [9.17, 15) is 9.59 Å². The van der Waals surface area contributed by atoms with Crippen LogP contribution in [-0.4, -0.2) is 53.9 Å². The van der Waals surface area contributed by atoms with Gasteiger partial charge in [-0.25, -0.2) is 4.68 Å². The molecule has 1 atom stereocenters. The van der Waals surface area contributed by atoms with Crippen molar-refractivity contribution in [3.8, 4) is 0 Å². The van der Waals surface area contributed by atoms with Crippen LogP contribution in [0.1, 0.15) is 35.9 Å². The average Bonchev–Trinajstić information content (AvgIpc) is 2.71. The quantitative estimate of drug-likeness (QED) is 0.655. The van der Waals surface area contributed by atoms with Crippen LogP contribution in [0.3, 0.4) is 0 Å². The maximum atomic E-state index is 12.6. The molecule has 0 aliphatic heterocycles. The fraction of sp³-hybridized carbons (Fsp3) is 0.450. The van der Waals surface area contributed by atoms with E-state index >= 15 is 0 Å². The lowest BCUT2D eigenvalue weighted by atomic mass is 10.0. The standard InChI is InChI=1S/C20H27ClN4O3/c1-4-24(5-2)18(15-8-6-7-9-16(15)21)14-22-20(27)17-10-11-19(26)25(23-17)12-13-28-3/h6-11,18H,4-5,12-14H2,1-3H3,(H,22,27). The Morgan fingerprint density at radius 3 is 2.61 bits per heavy atom. The summed E-state index contributed by atoms with van der Waals surface area (Å²) in [4.78, 5) is 26.7. The van der Waals surface area contributed by atoms with Crippen LogP contribution in [0.25, 0.3) is 0 Å². The molecule has 1 unspecified atom stereocenters. The number of nitrogens with one attached hydrogen (secondary N) is 1. The van der Waals surface area contributed by atoms with Gasteiger partial charge in [-0.2, -0.15) is 5.10 Å². The Hall–Kier alpha value is -2.22. The van der Waals surface area contributed by atoms with Crippen molar-refractivity contribution in [2.24, 2.45) is 0 Å². The summed E-state index contributed by atoms with van der Waals surface area (Å²) in [6.45, 7) is 6.80. The van der Waals surface area contributed by atoms with Crippen molar-refractivity contribution in [1.29, 1.82) is 0 Å². The third kappa shape index (κ3) is 5.64. The van der Waals surface area contributed by atoms with Crippen LogP contribution in [-0.2, 0) is 11.3 Å². The van der Waals surface area contributed by atoms with Crippen molar-refractivity contribution in [3.05, 3.63) is 63.0 Å². The summed E-state index contributed by atoms with van der Waals surface area (Å²) in [6, 6.07) is 10.4. The molecule has 7 nitrogen and oxygen atoms in total. The van der Waals surface area contributed by atoms with Gasteiger partial charge in [-0.05, 0) is 30.8 Å². The summed E-state index contributed by atoms with van der Waals surface area (Å²) in [6.07, 6.45) is 0. The number of likely N-dealkylation sites (N-methyl/N-ethyl adjacent to an activating group) is 1. The van der Waals surface area contributed by atoms with E-state index < -0.39 is 0 Å². The molecule has 0 aliphatic rings. The molecule has 0 bridgehead atoms. The monoisotopic (exact) mass is 406 g/mol. The van der Waals surface area contributed by atoms with Crippen molar-refractivity contribution in [1.82, 2.24) is 20.0 Å². The summed E-state index contributed by atoms with van der Waals surface area (Å²) < 4.78 is 6.20. The van der Waals surface area contributed by atoms with Crippen LogP contribution < -0.4 is 10.9 Å². The first-order chi connectivity index (χ1) is 13.5. The SMILES string of the molecule is CCN(CC)C(CNC(=O)c1ccc(=O)n(CCOC)n1)c1ccccc1Cl. The molecule has 0 spiro atoms. The lowest BCUT2D eigenvalue weighted by Crippen LogP contribution is -2.39. The molecule has 0 radical (unpaired) electrons. The summed E-state index contributed by atoms with van der Waals surface area (Å²) in [5.74, 6) is -0.338. The number of rotatable bonds is 10. The molecule has 8 heteroatoms. The molecule has 2 rings (SSSR count). The Kier molecular flexibility index (Phi) is 8.63. The number of hydrogen-bond acceptors (Lipinski definition) is 5. The number of benzene rings is 1. The fourth-order valence-electron chi connectivity index (χ4n) is 3.03. The summed E-state index contributed by atoms with van der Waals surface area (Å²) in [5.41, 5.74) is 0.880. The molecule has 0 aliphatic carbocycles. The van der Waals surface area contributed by atoms with E-state index in [1.165, 1.54) is 16.8 Å². The van der Waals surface area contributed by atoms with E-state index in [1.54, 1.807) is 7.11 Å². The third-order valence-electron chi connectivity index (χ3n) is 4.58. The molecule has 152 valence electrons. The lowest BCUT2D eigenvalue weighted by molar-refractivity contribution is 0.0926. The largest absolute Gasteiger partial charge is 0.383 e. The highest BCUT2D eigenvalue weighted by Gasteiger charge is 2.21. The summed E-state index contributed by atoms with van der Waals surface area (Å²) >= 11 is 6.39. The van der Waals surface area contributed by atoms with Gasteiger partial charge in [-0.15, -0.1) is 0 Å². The van der Waals surface area contributed by atoms with E-state index in [1.807, 2.05) is 24.3 Å². The van der Waals surface area contributed by atoms with Crippen LogP contribution in [0, 0.1) is 0 Å². The van der Waals surface area contributed by atoms with Crippen molar-refractivity contribution in [3.63, 3.8) is 0 Å². The molecular weight excluding hydrogens is 380 g/mol. The number of hydrogen-bond donors (Lipinski definition) is 1. The summed E-state index contributed by atoms with van der Waals surface area (Å²) in [7, 11) is 1.55. The Morgan fingerprint density at radius 2 is 1.96 bits per heavy atom. The maximum Gasteiger partial charge on any atom is 0.271 e. The molecule has 0 saturated heterocycles. The lowest BCUT2D eigenvalue weighted by Gasteiger charge is -2.30. The number of methoxy groups -OCH3 is 1. The molecule has 1 heterocycles. The number of nitrogens with zero attached hydrogens (tertiary/aromatic N) is 3. The summed E-state index contributed by atoms with van der Waals surface area (Å²) in [5, 5.41) is 7.73. The van der Waals surface area contributed by atoms with E-state index in [-0.39, 0.29) is 29.7 Å². The van der Waals surface area contributed by atoms with E-state index in [0.29, 0.717) is 18.2 Å². The second-order valence-electron chi connectivity index (χ2n) is 6.24. The number of carbonyl (C=O) groups is 1. The van der Waals surface area contributed by atoms with Gasteiger partial charge in [0.2, 0.25) is 0 Å². The molecular formula is C20H27ClN4O3. The molecule has 28 heavy (non-hydrogen) atoms. The Bertz CT molecular complexity index is 836. The third-order valence-corrected chi connectivity index (χ3v) is 4.92. The molecule has 1 aromatic carbocycles. The zero-order chi connectivity index (χ0) is 20.5. The van der Waals surface area contributed by atoms with E-state index in [4.69, 9.17) is 16.3 Å². The number of amides is 1. The normalized spacial score (nSPS) is 12.2. The zero-order valence-electron chi connectivity index (χ0n) is 16.5. The van der Waals surface area contributed by atoms with Crippen molar-refractivity contribution < 1.29 is 9.53 Å². The van der Waals surface area contributed by atoms with E-state index in [2.05, 4.69) is 29.2 Å². The highest BCUT2D eigenvalue weighted by Crippen LogP contribution is 2.27.